The summed E-state index contributed by atoms with van der Waals surface area (Å²) in [5, 5.41) is 0. The Kier molecular flexibility index (Phi) is 3.01. The molecule has 1 aliphatic rings. The van der Waals surface area contributed by atoms with Crippen LogP contribution in [0.5, 0.6) is 0 Å². The maximum Gasteiger partial charge on any atom is 0.274 e. The third-order valence-corrected chi connectivity index (χ3v) is 3.27. The zero-order valence-corrected chi connectivity index (χ0v) is 10.9. The lowest BCUT2D eigenvalue weighted by molar-refractivity contribution is 0.0725. The number of amides is 1. The molecule has 9 heteroatoms. The van der Waals surface area contributed by atoms with E-state index in [2.05, 4.69) is 19.9 Å². The molecular formula is C12H12N6O3. The first-order chi connectivity index (χ1) is 10.0. The number of carbonyl (C=O) groups excluding carboxylic acids is 1. The van der Waals surface area contributed by atoms with Crippen molar-refractivity contribution in [3.63, 3.8) is 0 Å². The summed E-state index contributed by atoms with van der Waals surface area (Å²) in [7, 11) is 0. The second-order valence-electron chi connectivity index (χ2n) is 4.65. The number of anilines is 1. The number of hydrogen-bond acceptors (Lipinski definition) is 6. The summed E-state index contributed by atoms with van der Waals surface area (Å²) in [5.41, 5.74) is 6.03. The summed E-state index contributed by atoms with van der Waals surface area (Å²) in [6.07, 6.45) is 2.71. The van der Waals surface area contributed by atoms with Crippen LogP contribution in [0.4, 0.5) is 5.95 Å². The third-order valence-electron chi connectivity index (χ3n) is 3.27. The first-order valence-corrected chi connectivity index (χ1v) is 6.26. The molecule has 21 heavy (non-hydrogen) atoms. The lowest BCUT2D eigenvalue weighted by Crippen LogP contribution is -2.39. The highest BCUT2D eigenvalue weighted by molar-refractivity contribution is 5.92. The maximum absolute atomic E-state index is 12.3. The van der Waals surface area contributed by atoms with Gasteiger partial charge in [-0.3, -0.25) is 19.4 Å². The molecule has 0 aromatic carbocycles. The van der Waals surface area contributed by atoms with Gasteiger partial charge in [0.1, 0.15) is 5.69 Å². The zero-order valence-electron chi connectivity index (χ0n) is 10.9. The smallest absolute Gasteiger partial charge is 0.274 e. The van der Waals surface area contributed by atoms with Gasteiger partial charge in [0.25, 0.3) is 17.0 Å². The normalized spacial score (nSPS) is 13.8. The molecule has 0 spiro atoms. The number of nitrogen functional groups attached to an aromatic ring is 1. The summed E-state index contributed by atoms with van der Waals surface area (Å²) in [4.78, 5) is 49.2. The quantitative estimate of drug-likeness (QED) is 0.592. The molecule has 0 fully saturated rings. The van der Waals surface area contributed by atoms with Crippen LogP contribution in [0, 0.1) is 0 Å². The average Bonchev–Trinajstić information content (AvgIpc) is 2.46. The molecule has 1 aliphatic heterocycles. The molecule has 0 aliphatic carbocycles. The van der Waals surface area contributed by atoms with Crippen molar-refractivity contribution in [1.82, 2.24) is 24.8 Å². The van der Waals surface area contributed by atoms with E-state index in [-0.39, 0.29) is 35.2 Å². The van der Waals surface area contributed by atoms with Crippen molar-refractivity contribution in [1.29, 1.82) is 0 Å². The number of fused-ring (bicyclic) bond motifs is 1. The summed E-state index contributed by atoms with van der Waals surface area (Å²) >= 11 is 0. The van der Waals surface area contributed by atoms with E-state index in [1.807, 2.05) is 0 Å². The lowest BCUT2D eigenvalue weighted by atomic mass is 10.1. The first-order valence-electron chi connectivity index (χ1n) is 6.26. The van der Waals surface area contributed by atoms with Gasteiger partial charge >= 0.3 is 0 Å². The molecular weight excluding hydrogens is 276 g/mol. The molecule has 9 nitrogen and oxygen atoms in total. The van der Waals surface area contributed by atoms with Crippen molar-refractivity contribution in [2.24, 2.45) is 0 Å². The van der Waals surface area contributed by atoms with Crippen molar-refractivity contribution >= 4 is 11.9 Å². The van der Waals surface area contributed by atoms with Gasteiger partial charge in [-0.25, -0.2) is 9.97 Å². The van der Waals surface area contributed by atoms with Gasteiger partial charge < -0.3 is 15.6 Å². The van der Waals surface area contributed by atoms with E-state index in [9.17, 15) is 14.4 Å². The Hall–Kier alpha value is -2.97. The van der Waals surface area contributed by atoms with Crippen LogP contribution in [0.2, 0.25) is 0 Å². The van der Waals surface area contributed by atoms with E-state index >= 15 is 0 Å². The van der Waals surface area contributed by atoms with Gasteiger partial charge in [0.15, 0.2) is 0 Å². The minimum Gasteiger partial charge on any atom is -0.369 e. The molecule has 3 heterocycles. The fraction of sp³-hybridized carbons (Fsp3) is 0.250. The van der Waals surface area contributed by atoms with Crippen LogP contribution in [0.25, 0.3) is 0 Å². The van der Waals surface area contributed by atoms with Crippen LogP contribution in [-0.4, -0.2) is 37.3 Å². The molecule has 3 rings (SSSR count). The second-order valence-corrected chi connectivity index (χ2v) is 4.65. The fourth-order valence-corrected chi connectivity index (χ4v) is 2.25. The Morgan fingerprint density at radius 1 is 1.38 bits per heavy atom. The Bertz CT molecular complexity index is 804. The molecule has 0 unspecified atom stereocenters. The van der Waals surface area contributed by atoms with Gasteiger partial charge in [0.2, 0.25) is 5.95 Å². The minimum atomic E-state index is -0.378. The number of rotatable bonds is 1. The van der Waals surface area contributed by atoms with Gasteiger partial charge in [0, 0.05) is 18.3 Å². The Morgan fingerprint density at radius 3 is 2.90 bits per heavy atom. The van der Waals surface area contributed by atoms with Crippen LogP contribution in [-0.2, 0) is 13.0 Å². The lowest BCUT2D eigenvalue weighted by Gasteiger charge is -2.27. The van der Waals surface area contributed by atoms with Gasteiger partial charge in [-0.1, -0.05) is 0 Å². The summed E-state index contributed by atoms with van der Waals surface area (Å²) in [6.45, 7) is 0.560. The molecule has 2 aromatic heterocycles. The third kappa shape index (κ3) is 2.40. The molecule has 2 aromatic rings. The van der Waals surface area contributed by atoms with E-state index in [0.717, 1.165) is 6.20 Å². The molecule has 0 bridgehead atoms. The highest BCUT2D eigenvalue weighted by Crippen LogP contribution is 2.15. The number of nitrogens with one attached hydrogen (secondary N) is 2. The number of aromatic amines is 2. The first kappa shape index (κ1) is 13.0. The van der Waals surface area contributed by atoms with E-state index in [1.54, 1.807) is 0 Å². The standard InChI is InChI=1S/C12H12N6O3/c13-12-16-8-5-18(2-1-6(8)10(20)17-12)11(21)7-3-15-9(19)4-14-7/h3-4H,1-2,5H2,(H,15,19)(H3,13,16,17,20). The SMILES string of the molecule is Nc1nc2c(c(=O)[nH]1)CCN(C(=O)c1c[nH]c(=O)cn1)C2. The largest absolute Gasteiger partial charge is 0.369 e. The van der Waals surface area contributed by atoms with Gasteiger partial charge in [0.05, 0.1) is 18.4 Å². The number of H-pyrrole nitrogens is 2. The zero-order chi connectivity index (χ0) is 15.0. The maximum atomic E-state index is 12.3. The van der Waals surface area contributed by atoms with Crippen molar-refractivity contribution in [2.75, 3.05) is 12.3 Å². The van der Waals surface area contributed by atoms with Crippen molar-refractivity contribution in [2.45, 2.75) is 13.0 Å². The predicted octanol–water partition coefficient (Wildman–Crippen LogP) is -1.37. The molecule has 0 radical (unpaired) electrons. The number of carbonyl (C=O) groups is 1. The van der Waals surface area contributed by atoms with E-state index < -0.39 is 0 Å². The van der Waals surface area contributed by atoms with Crippen LogP contribution < -0.4 is 16.9 Å². The monoisotopic (exact) mass is 288 g/mol. The van der Waals surface area contributed by atoms with E-state index in [4.69, 9.17) is 5.73 Å². The fourth-order valence-electron chi connectivity index (χ4n) is 2.25. The topological polar surface area (TPSA) is 138 Å². The molecule has 4 N–H and O–H groups in total. The second kappa shape index (κ2) is 4.85. The Labute approximate surface area is 117 Å². The molecule has 0 atom stereocenters. The summed E-state index contributed by atoms with van der Waals surface area (Å²) < 4.78 is 0. The van der Waals surface area contributed by atoms with Crippen molar-refractivity contribution in [3.8, 4) is 0 Å². The summed E-state index contributed by atoms with van der Waals surface area (Å²) in [5.74, 6) is -0.312. The minimum absolute atomic E-state index is 0.0233. The molecule has 0 saturated heterocycles. The molecule has 0 saturated carbocycles. The van der Waals surface area contributed by atoms with Crippen LogP contribution >= 0.6 is 0 Å². The predicted molar refractivity (Wildman–Crippen MR) is 72.6 cm³/mol. The van der Waals surface area contributed by atoms with Gasteiger partial charge in [-0.05, 0) is 6.42 Å². The Balaban J connectivity index is 1.89. The highest BCUT2D eigenvalue weighted by atomic mass is 16.2. The molecule has 108 valence electrons. The van der Waals surface area contributed by atoms with Gasteiger partial charge in [-0.2, -0.15) is 0 Å². The Morgan fingerprint density at radius 2 is 2.19 bits per heavy atom. The summed E-state index contributed by atoms with van der Waals surface area (Å²) in [6, 6.07) is 0. The number of nitrogens with two attached hydrogens (primary N) is 1. The molecule has 1 amide bonds. The van der Waals surface area contributed by atoms with Crippen molar-refractivity contribution in [3.05, 3.63) is 50.1 Å². The highest BCUT2D eigenvalue weighted by Gasteiger charge is 2.25. The van der Waals surface area contributed by atoms with E-state index in [0.29, 0.717) is 24.2 Å². The average molecular weight is 288 g/mol. The number of aromatic nitrogens is 4. The van der Waals surface area contributed by atoms with Crippen LogP contribution in [0.15, 0.2) is 22.0 Å². The van der Waals surface area contributed by atoms with Crippen molar-refractivity contribution < 1.29 is 4.79 Å². The number of hydrogen-bond donors (Lipinski definition) is 3. The van der Waals surface area contributed by atoms with Crippen LogP contribution in [0.3, 0.4) is 0 Å². The van der Waals surface area contributed by atoms with Crippen LogP contribution in [0.1, 0.15) is 21.7 Å². The van der Waals surface area contributed by atoms with E-state index in [1.165, 1.54) is 11.1 Å². The van der Waals surface area contributed by atoms with Gasteiger partial charge in [-0.15, -0.1) is 0 Å². The number of nitrogens with zero attached hydrogens (tertiary/aromatic N) is 3.